The number of hydrogen-bond donors (Lipinski definition) is 0. The molecule has 1 aromatic heterocycles. The minimum Gasteiger partial charge on any atom is -0.284 e. The second-order valence-corrected chi connectivity index (χ2v) is 7.82. The van der Waals surface area contributed by atoms with Crippen LogP contribution in [-0.4, -0.2) is 10.8 Å². The van der Waals surface area contributed by atoms with Crippen molar-refractivity contribution in [2.24, 2.45) is 10.2 Å². The van der Waals surface area contributed by atoms with Crippen molar-refractivity contribution in [3.05, 3.63) is 105 Å². The van der Waals surface area contributed by atoms with Crippen LogP contribution in [-0.2, 0) is 6.18 Å². The first-order valence-corrected chi connectivity index (χ1v) is 10.4. The van der Waals surface area contributed by atoms with Crippen molar-refractivity contribution in [1.82, 2.24) is 4.57 Å². The Morgan fingerprint density at radius 3 is 2.19 bits per heavy atom. The normalized spacial score (nSPS) is 12.6. The predicted molar refractivity (Wildman–Crippen MR) is 119 cm³/mol. The van der Waals surface area contributed by atoms with Crippen LogP contribution < -0.4 is 4.80 Å². The second-order valence-electron chi connectivity index (χ2n) is 6.55. The van der Waals surface area contributed by atoms with Crippen LogP contribution in [0.4, 0.5) is 13.2 Å². The van der Waals surface area contributed by atoms with E-state index in [1.165, 1.54) is 29.7 Å². The van der Waals surface area contributed by atoms with Crippen LogP contribution in [0.3, 0.4) is 0 Å². The van der Waals surface area contributed by atoms with E-state index in [9.17, 15) is 13.2 Å². The van der Waals surface area contributed by atoms with Gasteiger partial charge in [0.1, 0.15) is 0 Å². The van der Waals surface area contributed by atoms with Crippen molar-refractivity contribution in [3.63, 3.8) is 0 Å². The SMILES string of the molecule is FC(F)(F)c1ccc(/C=N/N=c2/scc(-c3ccc(Cl)cc3)n2-c2ccccc2)cc1. The molecular formula is C23H15ClF3N3S. The molecule has 0 N–H and O–H groups in total. The Labute approximate surface area is 185 Å². The molecule has 0 saturated heterocycles. The van der Waals surface area contributed by atoms with Gasteiger partial charge in [-0.1, -0.05) is 54.1 Å². The Balaban J connectivity index is 1.72. The van der Waals surface area contributed by atoms with E-state index < -0.39 is 11.7 Å². The van der Waals surface area contributed by atoms with Gasteiger partial charge in [0.2, 0.25) is 4.80 Å². The van der Waals surface area contributed by atoms with E-state index in [4.69, 9.17) is 11.6 Å². The van der Waals surface area contributed by atoms with Crippen molar-refractivity contribution in [1.29, 1.82) is 0 Å². The summed E-state index contributed by atoms with van der Waals surface area (Å²) in [6.07, 6.45) is -2.94. The predicted octanol–water partition coefficient (Wildman–Crippen LogP) is 6.81. The third kappa shape index (κ3) is 4.95. The highest BCUT2D eigenvalue weighted by Crippen LogP contribution is 2.29. The maximum Gasteiger partial charge on any atom is 0.416 e. The monoisotopic (exact) mass is 457 g/mol. The van der Waals surface area contributed by atoms with Crippen LogP contribution >= 0.6 is 22.9 Å². The molecule has 3 aromatic carbocycles. The number of alkyl halides is 3. The Hall–Kier alpha value is -3.16. The number of aromatic nitrogens is 1. The zero-order chi connectivity index (χ0) is 21.8. The van der Waals surface area contributed by atoms with Gasteiger partial charge in [0.05, 0.1) is 17.5 Å². The third-order valence-electron chi connectivity index (χ3n) is 4.45. The number of thiazole rings is 1. The topological polar surface area (TPSA) is 29.6 Å². The highest BCUT2D eigenvalue weighted by molar-refractivity contribution is 7.07. The number of para-hydroxylation sites is 1. The molecule has 0 radical (unpaired) electrons. The molecule has 0 atom stereocenters. The van der Waals surface area contributed by atoms with Crippen molar-refractivity contribution < 1.29 is 13.2 Å². The molecular weight excluding hydrogens is 443 g/mol. The summed E-state index contributed by atoms with van der Waals surface area (Å²) in [5.41, 5.74) is 2.64. The zero-order valence-corrected chi connectivity index (χ0v) is 17.5. The van der Waals surface area contributed by atoms with E-state index in [1.807, 2.05) is 64.5 Å². The second kappa shape index (κ2) is 8.91. The quantitative estimate of drug-likeness (QED) is 0.238. The van der Waals surface area contributed by atoms with Crippen LogP contribution in [0.25, 0.3) is 16.9 Å². The summed E-state index contributed by atoms with van der Waals surface area (Å²) >= 11 is 7.43. The smallest absolute Gasteiger partial charge is 0.284 e. The largest absolute Gasteiger partial charge is 0.416 e. The molecule has 8 heteroatoms. The van der Waals surface area contributed by atoms with E-state index in [2.05, 4.69) is 10.2 Å². The van der Waals surface area contributed by atoms with Gasteiger partial charge in [-0.2, -0.15) is 18.3 Å². The molecule has 1 heterocycles. The van der Waals surface area contributed by atoms with E-state index in [0.29, 0.717) is 15.4 Å². The van der Waals surface area contributed by atoms with Crippen molar-refractivity contribution in [3.8, 4) is 16.9 Å². The summed E-state index contributed by atoms with van der Waals surface area (Å²) in [6, 6.07) is 22.0. The van der Waals surface area contributed by atoms with E-state index >= 15 is 0 Å². The average Bonchev–Trinajstić information content (AvgIpc) is 3.18. The van der Waals surface area contributed by atoms with Gasteiger partial charge in [0, 0.05) is 16.1 Å². The first-order valence-electron chi connectivity index (χ1n) is 9.18. The van der Waals surface area contributed by atoms with Gasteiger partial charge in [-0.05, 0) is 47.5 Å². The van der Waals surface area contributed by atoms with Gasteiger partial charge in [-0.15, -0.1) is 16.4 Å². The molecule has 0 amide bonds. The van der Waals surface area contributed by atoms with Crippen molar-refractivity contribution in [2.75, 3.05) is 0 Å². The number of nitrogens with zero attached hydrogens (tertiary/aromatic N) is 3. The molecule has 0 unspecified atom stereocenters. The van der Waals surface area contributed by atoms with Gasteiger partial charge >= 0.3 is 6.18 Å². The summed E-state index contributed by atoms with van der Waals surface area (Å²) in [6.45, 7) is 0. The fourth-order valence-corrected chi connectivity index (χ4v) is 3.92. The van der Waals surface area contributed by atoms with Crippen molar-refractivity contribution >= 4 is 29.2 Å². The third-order valence-corrected chi connectivity index (χ3v) is 5.52. The van der Waals surface area contributed by atoms with Gasteiger partial charge in [0.25, 0.3) is 0 Å². The number of hydrogen-bond acceptors (Lipinski definition) is 3. The summed E-state index contributed by atoms with van der Waals surface area (Å²) in [5.74, 6) is 0. The summed E-state index contributed by atoms with van der Waals surface area (Å²) in [7, 11) is 0. The maximum absolute atomic E-state index is 12.7. The highest BCUT2D eigenvalue weighted by atomic mass is 35.5. The Bertz CT molecular complexity index is 1260. The van der Waals surface area contributed by atoms with Gasteiger partial charge in [0.15, 0.2) is 0 Å². The molecule has 0 aliphatic heterocycles. The lowest BCUT2D eigenvalue weighted by Gasteiger charge is -2.09. The molecule has 0 aliphatic carbocycles. The molecule has 0 spiro atoms. The van der Waals surface area contributed by atoms with Gasteiger partial charge < -0.3 is 0 Å². The minimum atomic E-state index is -4.36. The molecule has 31 heavy (non-hydrogen) atoms. The molecule has 0 bridgehead atoms. The van der Waals surface area contributed by atoms with Crippen LogP contribution in [0.5, 0.6) is 0 Å². The fourth-order valence-electron chi connectivity index (χ4n) is 2.93. The van der Waals surface area contributed by atoms with Gasteiger partial charge in [-0.25, -0.2) is 0 Å². The molecule has 3 nitrogen and oxygen atoms in total. The molecule has 0 saturated carbocycles. The lowest BCUT2D eigenvalue weighted by atomic mass is 10.1. The average molecular weight is 458 g/mol. The minimum absolute atomic E-state index is 0.525. The Morgan fingerprint density at radius 1 is 0.871 bits per heavy atom. The number of halogens is 4. The summed E-state index contributed by atoms with van der Waals surface area (Å²) in [4.78, 5) is 0.624. The van der Waals surface area contributed by atoms with Crippen LogP contribution in [0.2, 0.25) is 5.02 Å². The zero-order valence-electron chi connectivity index (χ0n) is 15.9. The lowest BCUT2D eigenvalue weighted by molar-refractivity contribution is -0.137. The molecule has 156 valence electrons. The Morgan fingerprint density at radius 2 is 1.55 bits per heavy atom. The van der Waals surface area contributed by atoms with Crippen LogP contribution in [0, 0.1) is 0 Å². The Kier molecular flexibility index (Phi) is 6.06. The summed E-state index contributed by atoms with van der Waals surface area (Å²) < 4.78 is 40.1. The van der Waals surface area contributed by atoms with E-state index in [0.717, 1.165) is 29.1 Å². The molecule has 4 aromatic rings. The fraction of sp³-hybridized carbons (Fsp3) is 0.0435. The highest BCUT2D eigenvalue weighted by Gasteiger charge is 2.29. The molecule has 0 aliphatic rings. The van der Waals surface area contributed by atoms with E-state index in [-0.39, 0.29) is 0 Å². The standard InChI is InChI=1S/C23H15ClF3N3S/c24-19-12-8-17(9-13-19)21-15-31-22(30(21)20-4-2-1-3-5-20)29-28-14-16-6-10-18(11-7-16)23(25,26)27/h1-15H/b28-14+,29-22+. The molecule has 0 fully saturated rings. The first-order chi connectivity index (χ1) is 14.9. The first kappa shape index (κ1) is 21.1. The molecule has 4 rings (SSSR count). The van der Waals surface area contributed by atoms with Crippen LogP contribution in [0.1, 0.15) is 11.1 Å². The number of rotatable bonds is 4. The van der Waals surface area contributed by atoms with E-state index in [1.54, 1.807) is 0 Å². The summed E-state index contributed by atoms with van der Waals surface area (Å²) in [5, 5.41) is 11.0. The lowest BCUT2D eigenvalue weighted by Crippen LogP contribution is -2.13. The van der Waals surface area contributed by atoms with Crippen molar-refractivity contribution in [2.45, 2.75) is 6.18 Å². The number of benzene rings is 3. The van der Waals surface area contributed by atoms with Gasteiger partial charge in [-0.3, -0.25) is 4.57 Å². The van der Waals surface area contributed by atoms with Crippen LogP contribution in [0.15, 0.2) is 94.4 Å². The maximum atomic E-state index is 12.7.